The fraction of sp³-hybridized carbons (Fsp3) is 0.400. The molecule has 43 heavy (non-hydrogen) atoms. The first-order valence-corrected chi connectivity index (χ1v) is 15.5. The maximum Gasteiger partial charge on any atom is 0.246 e. The Balaban J connectivity index is 1.36. The average Bonchev–Trinajstić information content (AvgIpc) is 3.43. The highest BCUT2D eigenvalue weighted by Crippen LogP contribution is 2.35. The summed E-state index contributed by atoms with van der Waals surface area (Å²) >= 11 is 0. The van der Waals surface area contributed by atoms with E-state index in [4.69, 9.17) is 5.73 Å². The van der Waals surface area contributed by atoms with E-state index in [0.717, 1.165) is 36.0 Å². The molecule has 4 unspecified atom stereocenters. The van der Waals surface area contributed by atoms with E-state index in [1.54, 1.807) is 4.90 Å². The minimum absolute atomic E-state index is 0.0477. The Morgan fingerprint density at radius 3 is 2.05 bits per heavy atom. The van der Waals surface area contributed by atoms with Gasteiger partial charge in [-0.1, -0.05) is 97.9 Å². The molecule has 2 heterocycles. The van der Waals surface area contributed by atoms with Crippen molar-refractivity contribution in [1.29, 1.82) is 0 Å². The summed E-state index contributed by atoms with van der Waals surface area (Å²) in [7, 11) is 0. The summed E-state index contributed by atoms with van der Waals surface area (Å²) in [5.41, 5.74) is 9.17. The quantitative estimate of drug-likeness (QED) is 0.276. The van der Waals surface area contributed by atoms with E-state index in [-0.39, 0.29) is 35.7 Å². The molecule has 226 valence electrons. The lowest BCUT2D eigenvalue weighted by atomic mass is 9.92. The zero-order chi connectivity index (χ0) is 30.2. The monoisotopic (exact) mass is 581 g/mol. The van der Waals surface area contributed by atoms with Crippen LogP contribution >= 0.6 is 0 Å². The maximum atomic E-state index is 14.3. The van der Waals surface area contributed by atoms with Crippen LogP contribution in [-0.2, 0) is 20.9 Å². The fourth-order valence-corrected chi connectivity index (χ4v) is 6.42. The van der Waals surface area contributed by atoms with Crippen LogP contribution in [0.4, 0.5) is 0 Å². The van der Waals surface area contributed by atoms with Crippen LogP contribution in [0.15, 0.2) is 91.0 Å². The van der Waals surface area contributed by atoms with Crippen molar-refractivity contribution in [2.45, 2.75) is 75.8 Å². The van der Waals surface area contributed by atoms with E-state index in [0.29, 0.717) is 25.9 Å². The molecule has 3 aromatic carbocycles. The number of hydrogen-bond acceptors (Lipinski definition) is 5. The third-order valence-electron chi connectivity index (χ3n) is 8.87. The Hall–Kier alpha value is -4.01. The highest BCUT2D eigenvalue weighted by Gasteiger charge is 2.47. The Kier molecular flexibility index (Phi) is 10.2. The van der Waals surface area contributed by atoms with Gasteiger partial charge in [0.05, 0.1) is 12.1 Å². The Bertz CT molecular complexity index is 1310. The smallest absolute Gasteiger partial charge is 0.246 e. The van der Waals surface area contributed by atoms with Crippen molar-refractivity contribution in [3.63, 3.8) is 0 Å². The Labute approximate surface area is 254 Å². The predicted molar refractivity (Wildman–Crippen MR) is 168 cm³/mol. The van der Waals surface area contributed by atoms with Gasteiger partial charge in [-0.05, 0) is 48.8 Å². The number of hydrogen-bond donors (Lipinski definition) is 4. The van der Waals surface area contributed by atoms with Crippen LogP contribution in [-0.4, -0.2) is 53.3 Å². The lowest BCUT2D eigenvalue weighted by Crippen LogP contribution is -2.59. The van der Waals surface area contributed by atoms with Crippen LogP contribution in [0.1, 0.15) is 61.8 Å². The first-order chi connectivity index (χ1) is 21.0. The third kappa shape index (κ3) is 7.32. The second-order valence-corrected chi connectivity index (χ2v) is 11.7. The predicted octanol–water partition coefficient (Wildman–Crippen LogP) is 3.67. The van der Waals surface area contributed by atoms with Crippen LogP contribution < -0.4 is 21.7 Å². The zero-order valence-electron chi connectivity index (χ0n) is 24.8. The molecule has 5 N–H and O–H groups in total. The molecular formula is C35H43N5O3. The van der Waals surface area contributed by atoms with Crippen molar-refractivity contribution in [1.82, 2.24) is 20.9 Å². The van der Waals surface area contributed by atoms with E-state index in [1.807, 2.05) is 85.8 Å². The molecule has 5 rings (SSSR count). The van der Waals surface area contributed by atoms with E-state index in [9.17, 15) is 14.4 Å². The molecule has 2 fully saturated rings. The van der Waals surface area contributed by atoms with Crippen molar-refractivity contribution in [3.8, 4) is 0 Å². The Morgan fingerprint density at radius 2 is 1.44 bits per heavy atom. The topological polar surface area (TPSA) is 117 Å². The summed E-state index contributed by atoms with van der Waals surface area (Å²) in [5.74, 6) is -0.829. The number of fused-ring (bicyclic) bond motifs is 1. The summed E-state index contributed by atoms with van der Waals surface area (Å²) in [6.07, 6.45) is 3.35. The van der Waals surface area contributed by atoms with Gasteiger partial charge in [-0.2, -0.15) is 0 Å². The number of nitrogens with one attached hydrogen (secondary N) is 3. The van der Waals surface area contributed by atoms with Crippen molar-refractivity contribution in [3.05, 3.63) is 108 Å². The van der Waals surface area contributed by atoms with Gasteiger partial charge < -0.3 is 26.6 Å². The molecule has 2 aliphatic rings. The maximum absolute atomic E-state index is 14.3. The van der Waals surface area contributed by atoms with Gasteiger partial charge in [0, 0.05) is 25.0 Å². The van der Waals surface area contributed by atoms with Crippen molar-refractivity contribution in [2.75, 3.05) is 6.54 Å². The molecule has 0 aromatic heterocycles. The van der Waals surface area contributed by atoms with Gasteiger partial charge in [-0.25, -0.2) is 0 Å². The van der Waals surface area contributed by atoms with E-state index >= 15 is 0 Å². The van der Waals surface area contributed by atoms with Gasteiger partial charge in [-0.15, -0.1) is 0 Å². The van der Waals surface area contributed by atoms with Gasteiger partial charge in [0.1, 0.15) is 12.1 Å². The van der Waals surface area contributed by atoms with Crippen molar-refractivity contribution in [2.24, 2.45) is 11.7 Å². The molecule has 8 nitrogen and oxygen atoms in total. The number of carbonyl (C=O) groups excluding carboxylic acids is 3. The normalized spacial score (nSPS) is 22.5. The number of carbonyl (C=O) groups is 3. The summed E-state index contributed by atoms with van der Waals surface area (Å²) in [6, 6.07) is 27.4. The second-order valence-electron chi connectivity index (χ2n) is 11.7. The minimum Gasteiger partial charge on any atom is -0.343 e. The molecule has 0 aliphatic carbocycles. The van der Waals surface area contributed by atoms with Crippen LogP contribution in [0.3, 0.4) is 0 Å². The van der Waals surface area contributed by atoms with Crippen LogP contribution in [0.5, 0.6) is 0 Å². The largest absolute Gasteiger partial charge is 0.343 e. The van der Waals surface area contributed by atoms with Gasteiger partial charge in [0.25, 0.3) is 0 Å². The first-order valence-electron chi connectivity index (χ1n) is 15.5. The van der Waals surface area contributed by atoms with E-state index in [2.05, 4.69) is 28.1 Å². The Morgan fingerprint density at radius 1 is 0.860 bits per heavy atom. The molecular weight excluding hydrogens is 538 g/mol. The lowest BCUT2D eigenvalue weighted by molar-refractivity contribution is -0.143. The summed E-state index contributed by atoms with van der Waals surface area (Å²) < 4.78 is 0. The summed E-state index contributed by atoms with van der Waals surface area (Å²) in [4.78, 5) is 43.1. The zero-order valence-corrected chi connectivity index (χ0v) is 24.8. The van der Waals surface area contributed by atoms with Crippen molar-refractivity contribution >= 4 is 17.7 Å². The molecule has 5 atom stereocenters. The number of benzene rings is 3. The summed E-state index contributed by atoms with van der Waals surface area (Å²) in [5, 5.41) is 9.75. The first kappa shape index (κ1) is 30.4. The van der Waals surface area contributed by atoms with Crippen LogP contribution in [0.25, 0.3) is 0 Å². The molecule has 3 amide bonds. The van der Waals surface area contributed by atoms with Gasteiger partial charge in [-0.3, -0.25) is 14.4 Å². The highest BCUT2D eigenvalue weighted by molar-refractivity contribution is 5.94. The number of amides is 3. The number of nitrogens with two attached hydrogens (primary N) is 1. The van der Waals surface area contributed by atoms with Gasteiger partial charge in [0.15, 0.2) is 0 Å². The molecule has 8 heteroatoms. The minimum atomic E-state index is -0.759. The highest BCUT2D eigenvalue weighted by atomic mass is 16.2. The number of rotatable bonds is 11. The average molecular weight is 582 g/mol. The molecule has 0 saturated carbocycles. The second kappa shape index (κ2) is 14.4. The number of nitrogens with zero attached hydrogens (tertiary/aromatic N) is 1. The van der Waals surface area contributed by atoms with Crippen LogP contribution in [0.2, 0.25) is 0 Å². The molecule has 0 bridgehead atoms. The van der Waals surface area contributed by atoms with E-state index in [1.165, 1.54) is 0 Å². The summed E-state index contributed by atoms with van der Waals surface area (Å²) in [6.45, 7) is 3.08. The fourth-order valence-electron chi connectivity index (χ4n) is 6.42. The van der Waals surface area contributed by atoms with Gasteiger partial charge >= 0.3 is 0 Å². The molecule has 0 radical (unpaired) electrons. The van der Waals surface area contributed by atoms with Gasteiger partial charge in [0.2, 0.25) is 17.7 Å². The molecule has 2 aliphatic heterocycles. The standard InChI is InChI=1S/C35H43N5O3/c1-2-29(36)33(41)39-32-27(23-37-22-24-12-6-3-7-13-24)18-19-28-20-21-30(40(28)35(32)43)34(42)38-31(25-14-8-4-9-15-25)26-16-10-5-11-17-26/h3-17,27-32,37H,2,18-23,36H2,1H3,(H,38,42)(H,39,41)/t27?,28?,29-,30?,32?/m0/s1. The van der Waals surface area contributed by atoms with Crippen LogP contribution in [0, 0.1) is 5.92 Å². The SMILES string of the molecule is CC[C@H](N)C(=O)NC1C(=O)N2C(CCC1CNCc1ccccc1)CCC2C(=O)NC(c1ccccc1)c1ccccc1. The molecule has 2 saturated heterocycles. The molecule has 3 aromatic rings. The third-order valence-corrected chi connectivity index (χ3v) is 8.87. The van der Waals surface area contributed by atoms with Crippen molar-refractivity contribution < 1.29 is 14.4 Å². The lowest BCUT2D eigenvalue weighted by Gasteiger charge is -2.33. The van der Waals surface area contributed by atoms with E-state index < -0.39 is 18.1 Å². The molecule has 0 spiro atoms.